The Balaban J connectivity index is 2.38. The Morgan fingerprint density at radius 3 is 2.64 bits per heavy atom. The number of allylic oxidation sites excluding steroid dienone is 3. The number of hydrogen-bond donors (Lipinski definition) is 1. The Kier molecular flexibility index (Phi) is 2.11. The SMILES string of the molecule is CC1(C)CC[C@](C)(O)[C@H]2CC=CC=C21. The topological polar surface area (TPSA) is 20.2 Å². The van der Waals surface area contributed by atoms with Gasteiger partial charge >= 0.3 is 0 Å². The molecule has 0 heterocycles. The van der Waals surface area contributed by atoms with E-state index in [0.717, 1.165) is 19.3 Å². The highest BCUT2D eigenvalue weighted by molar-refractivity contribution is 5.30. The first-order valence-corrected chi connectivity index (χ1v) is 5.53. The monoisotopic (exact) mass is 192 g/mol. The molecule has 1 heteroatoms. The zero-order chi connectivity index (χ0) is 10.4. The fourth-order valence-electron chi connectivity index (χ4n) is 2.80. The average Bonchev–Trinajstić information content (AvgIpc) is 2.14. The van der Waals surface area contributed by atoms with Crippen LogP contribution < -0.4 is 0 Å². The molecule has 1 fully saturated rings. The average molecular weight is 192 g/mol. The molecule has 2 aliphatic carbocycles. The van der Waals surface area contributed by atoms with Crippen molar-refractivity contribution in [3.8, 4) is 0 Å². The molecule has 0 aliphatic heterocycles. The number of hydrogen-bond acceptors (Lipinski definition) is 1. The molecular weight excluding hydrogens is 172 g/mol. The van der Waals surface area contributed by atoms with E-state index < -0.39 is 5.60 Å². The van der Waals surface area contributed by atoms with Gasteiger partial charge in [-0.3, -0.25) is 0 Å². The van der Waals surface area contributed by atoms with Crippen molar-refractivity contribution in [1.82, 2.24) is 0 Å². The second kappa shape index (κ2) is 2.96. The third-order valence-corrected chi connectivity index (χ3v) is 3.95. The predicted molar refractivity (Wildman–Crippen MR) is 59.0 cm³/mol. The third kappa shape index (κ3) is 1.44. The summed E-state index contributed by atoms with van der Waals surface area (Å²) >= 11 is 0. The van der Waals surface area contributed by atoms with Crippen molar-refractivity contribution in [2.45, 2.75) is 45.6 Å². The molecule has 2 aliphatic rings. The first-order valence-electron chi connectivity index (χ1n) is 5.53. The van der Waals surface area contributed by atoms with Gasteiger partial charge in [-0.2, -0.15) is 0 Å². The lowest BCUT2D eigenvalue weighted by Gasteiger charge is -2.48. The van der Waals surface area contributed by atoms with E-state index in [9.17, 15) is 5.11 Å². The highest BCUT2D eigenvalue weighted by atomic mass is 16.3. The first kappa shape index (κ1) is 9.97. The predicted octanol–water partition coefficient (Wildman–Crippen LogP) is 3.06. The van der Waals surface area contributed by atoms with Crippen molar-refractivity contribution in [3.63, 3.8) is 0 Å². The maximum Gasteiger partial charge on any atom is 0.0688 e. The highest BCUT2D eigenvalue weighted by Gasteiger charge is 2.44. The molecule has 0 aromatic heterocycles. The number of fused-ring (bicyclic) bond motifs is 1. The summed E-state index contributed by atoms with van der Waals surface area (Å²) in [5.74, 6) is 0.344. The number of rotatable bonds is 0. The van der Waals surface area contributed by atoms with Crippen molar-refractivity contribution in [3.05, 3.63) is 23.8 Å². The molecule has 78 valence electrons. The summed E-state index contributed by atoms with van der Waals surface area (Å²) < 4.78 is 0. The minimum absolute atomic E-state index is 0.275. The van der Waals surface area contributed by atoms with Gasteiger partial charge in [-0.25, -0.2) is 0 Å². The summed E-state index contributed by atoms with van der Waals surface area (Å²) in [6.07, 6.45) is 9.54. The molecule has 2 atom stereocenters. The minimum Gasteiger partial charge on any atom is -0.390 e. The van der Waals surface area contributed by atoms with Crippen LogP contribution in [0.25, 0.3) is 0 Å². The van der Waals surface area contributed by atoms with Crippen LogP contribution in [-0.4, -0.2) is 10.7 Å². The lowest BCUT2D eigenvalue weighted by atomic mass is 9.60. The Labute approximate surface area is 86.5 Å². The summed E-state index contributed by atoms with van der Waals surface area (Å²) in [4.78, 5) is 0. The molecule has 14 heavy (non-hydrogen) atoms. The van der Waals surface area contributed by atoms with Gasteiger partial charge in [0.2, 0.25) is 0 Å². The Morgan fingerprint density at radius 2 is 2.00 bits per heavy atom. The van der Waals surface area contributed by atoms with E-state index in [1.54, 1.807) is 0 Å². The molecule has 2 rings (SSSR count). The Hall–Kier alpha value is -0.560. The minimum atomic E-state index is -0.494. The van der Waals surface area contributed by atoms with E-state index in [0.29, 0.717) is 5.92 Å². The van der Waals surface area contributed by atoms with E-state index in [1.165, 1.54) is 5.57 Å². The second-order valence-electron chi connectivity index (χ2n) is 5.58. The van der Waals surface area contributed by atoms with Crippen molar-refractivity contribution < 1.29 is 5.11 Å². The second-order valence-corrected chi connectivity index (χ2v) is 5.58. The lowest BCUT2D eigenvalue weighted by Crippen LogP contribution is -2.45. The van der Waals surface area contributed by atoms with Crippen LogP contribution in [0.2, 0.25) is 0 Å². The van der Waals surface area contributed by atoms with Gasteiger partial charge in [-0.15, -0.1) is 0 Å². The van der Waals surface area contributed by atoms with Crippen molar-refractivity contribution in [2.24, 2.45) is 11.3 Å². The van der Waals surface area contributed by atoms with Gasteiger partial charge < -0.3 is 5.11 Å². The van der Waals surface area contributed by atoms with Gasteiger partial charge in [-0.1, -0.05) is 37.6 Å². The van der Waals surface area contributed by atoms with Gasteiger partial charge in [-0.05, 0) is 31.6 Å². The zero-order valence-electron chi connectivity index (χ0n) is 9.38. The molecule has 1 nitrogen and oxygen atoms in total. The molecule has 0 unspecified atom stereocenters. The van der Waals surface area contributed by atoms with Crippen LogP contribution in [0.5, 0.6) is 0 Å². The molecule has 0 spiro atoms. The summed E-state index contributed by atoms with van der Waals surface area (Å²) in [5.41, 5.74) is 1.22. The summed E-state index contributed by atoms with van der Waals surface area (Å²) in [6, 6.07) is 0. The number of aliphatic hydroxyl groups is 1. The van der Waals surface area contributed by atoms with Crippen molar-refractivity contribution in [2.75, 3.05) is 0 Å². The van der Waals surface area contributed by atoms with Gasteiger partial charge in [0.25, 0.3) is 0 Å². The van der Waals surface area contributed by atoms with E-state index in [2.05, 4.69) is 32.1 Å². The molecule has 1 N–H and O–H groups in total. The molecular formula is C13H20O. The van der Waals surface area contributed by atoms with Gasteiger partial charge in [0.05, 0.1) is 5.60 Å². The maximum atomic E-state index is 10.3. The van der Waals surface area contributed by atoms with Crippen LogP contribution >= 0.6 is 0 Å². The zero-order valence-corrected chi connectivity index (χ0v) is 9.38. The fourth-order valence-corrected chi connectivity index (χ4v) is 2.80. The smallest absolute Gasteiger partial charge is 0.0688 e. The van der Waals surface area contributed by atoms with Crippen LogP contribution in [-0.2, 0) is 0 Å². The van der Waals surface area contributed by atoms with Gasteiger partial charge in [0, 0.05) is 5.92 Å². The summed E-state index contributed by atoms with van der Waals surface area (Å²) in [5, 5.41) is 10.3. The van der Waals surface area contributed by atoms with E-state index in [1.807, 2.05) is 6.92 Å². The van der Waals surface area contributed by atoms with Crippen molar-refractivity contribution in [1.29, 1.82) is 0 Å². The molecule has 0 saturated heterocycles. The Bertz CT molecular complexity index is 294. The quantitative estimate of drug-likeness (QED) is 0.625. The summed E-state index contributed by atoms with van der Waals surface area (Å²) in [6.45, 7) is 6.57. The van der Waals surface area contributed by atoms with Gasteiger partial charge in [0.1, 0.15) is 0 Å². The van der Waals surface area contributed by atoms with Crippen LogP contribution in [0.15, 0.2) is 23.8 Å². The largest absolute Gasteiger partial charge is 0.390 e. The summed E-state index contributed by atoms with van der Waals surface area (Å²) in [7, 11) is 0. The molecule has 1 saturated carbocycles. The van der Waals surface area contributed by atoms with Crippen LogP contribution in [0.4, 0.5) is 0 Å². The molecule has 0 radical (unpaired) electrons. The molecule has 0 amide bonds. The normalized spacial score (nSPS) is 40.3. The van der Waals surface area contributed by atoms with E-state index in [-0.39, 0.29) is 5.41 Å². The van der Waals surface area contributed by atoms with Crippen LogP contribution in [0.1, 0.15) is 40.0 Å². The van der Waals surface area contributed by atoms with Crippen LogP contribution in [0.3, 0.4) is 0 Å². The molecule has 0 bridgehead atoms. The van der Waals surface area contributed by atoms with E-state index >= 15 is 0 Å². The molecule has 0 aromatic carbocycles. The molecule has 0 aromatic rings. The Morgan fingerprint density at radius 1 is 1.29 bits per heavy atom. The van der Waals surface area contributed by atoms with Crippen LogP contribution in [0, 0.1) is 11.3 Å². The fraction of sp³-hybridized carbons (Fsp3) is 0.692. The van der Waals surface area contributed by atoms with Gasteiger partial charge in [0.15, 0.2) is 0 Å². The van der Waals surface area contributed by atoms with Crippen molar-refractivity contribution >= 4 is 0 Å². The van der Waals surface area contributed by atoms with E-state index in [4.69, 9.17) is 0 Å². The standard InChI is InChI=1S/C13H20O/c1-12(2)8-9-13(3,14)11-7-5-4-6-10(11)12/h4-6,11,14H,7-9H2,1-3H3/t11-,13-/m0/s1. The maximum absolute atomic E-state index is 10.3. The first-order chi connectivity index (χ1) is 6.43. The third-order valence-electron chi connectivity index (χ3n) is 3.95. The highest BCUT2D eigenvalue weighted by Crippen LogP contribution is 2.50. The lowest BCUT2D eigenvalue weighted by molar-refractivity contribution is -0.0296.